The lowest BCUT2D eigenvalue weighted by Gasteiger charge is -2.32. The standard InChI is InChI=1S/C20H26N2O3/c1-21-11-5-8-19(21)20(23)22-12-9-18(10-13-22)25-15-14-24-16-17-6-3-2-4-7-17/h2-8,11,18H,9-10,12-16H2,1H3. The van der Waals surface area contributed by atoms with Crippen LogP contribution in [0.4, 0.5) is 0 Å². The fourth-order valence-corrected chi connectivity index (χ4v) is 3.11. The number of hydrogen-bond donors (Lipinski definition) is 0. The van der Waals surface area contributed by atoms with E-state index in [4.69, 9.17) is 9.47 Å². The van der Waals surface area contributed by atoms with Gasteiger partial charge < -0.3 is 18.9 Å². The second-order valence-corrected chi connectivity index (χ2v) is 6.40. The number of hydrogen-bond acceptors (Lipinski definition) is 3. The maximum absolute atomic E-state index is 12.5. The summed E-state index contributed by atoms with van der Waals surface area (Å²) in [5.74, 6) is 0.108. The van der Waals surface area contributed by atoms with Crippen LogP contribution in [-0.2, 0) is 23.1 Å². The molecule has 0 saturated carbocycles. The summed E-state index contributed by atoms with van der Waals surface area (Å²) in [5.41, 5.74) is 1.92. The van der Waals surface area contributed by atoms with Crippen molar-refractivity contribution in [3.05, 3.63) is 59.9 Å². The zero-order valence-corrected chi connectivity index (χ0v) is 14.8. The van der Waals surface area contributed by atoms with Crippen LogP contribution in [0, 0.1) is 0 Å². The minimum Gasteiger partial charge on any atom is -0.376 e. The first-order valence-electron chi connectivity index (χ1n) is 8.88. The van der Waals surface area contributed by atoms with Gasteiger partial charge in [0.05, 0.1) is 25.9 Å². The van der Waals surface area contributed by atoms with Gasteiger partial charge in [0.2, 0.25) is 0 Å². The van der Waals surface area contributed by atoms with E-state index in [1.807, 2.05) is 53.0 Å². The molecule has 0 atom stereocenters. The van der Waals surface area contributed by atoms with E-state index in [9.17, 15) is 4.79 Å². The monoisotopic (exact) mass is 342 g/mol. The summed E-state index contributed by atoms with van der Waals surface area (Å²) in [6, 6.07) is 13.9. The molecule has 1 aliphatic heterocycles. The highest BCUT2D eigenvalue weighted by molar-refractivity contribution is 5.92. The normalized spacial score (nSPS) is 15.5. The Labute approximate surface area is 149 Å². The van der Waals surface area contributed by atoms with Crippen molar-refractivity contribution in [1.29, 1.82) is 0 Å². The second-order valence-electron chi connectivity index (χ2n) is 6.40. The minimum atomic E-state index is 0.108. The molecule has 2 heterocycles. The molecule has 0 spiro atoms. The van der Waals surface area contributed by atoms with Gasteiger partial charge in [-0.2, -0.15) is 0 Å². The Kier molecular flexibility index (Phi) is 6.25. The van der Waals surface area contributed by atoms with Crippen LogP contribution in [0.5, 0.6) is 0 Å². The van der Waals surface area contributed by atoms with E-state index in [1.165, 1.54) is 5.56 Å². The molecule has 1 amide bonds. The molecule has 0 N–H and O–H groups in total. The van der Waals surface area contributed by atoms with Crippen LogP contribution in [0.15, 0.2) is 48.7 Å². The molecule has 134 valence electrons. The van der Waals surface area contributed by atoms with Gasteiger partial charge in [-0.25, -0.2) is 0 Å². The van der Waals surface area contributed by atoms with E-state index in [0.29, 0.717) is 19.8 Å². The maximum atomic E-state index is 12.5. The molecule has 1 saturated heterocycles. The van der Waals surface area contributed by atoms with Gasteiger partial charge in [-0.15, -0.1) is 0 Å². The van der Waals surface area contributed by atoms with Crippen molar-refractivity contribution in [3.63, 3.8) is 0 Å². The molecule has 0 bridgehead atoms. The van der Waals surface area contributed by atoms with Gasteiger partial charge in [-0.05, 0) is 30.5 Å². The number of rotatable bonds is 7. The highest BCUT2D eigenvalue weighted by Gasteiger charge is 2.24. The van der Waals surface area contributed by atoms with E-state index in [2.05, 4.69) is 12.1 Å². The van der Waals surface area contributed by atoms with Crippen LogP contribution in [0.2, 0.25) is 0 Å². The molecule has 1 fully saturated rings. The van der Waals surface area contributed by atoms with Crippen LogP contribution in [0.25, 0.3) is 0 Å². The van der Waals surface area contributed by atoms with Crippen molar-refractivity contribution < 1.29 is 14.3 Å². The highest BCUT2D eigenvalue weighted by atomic mass is 16.5. The molecule has 1 aliphatic rings. The smallest absolute Gasteiger partial charge is 0.270 e. The lowest BCUT2D eigenvalue weighted by Crippen LogP contribution is -2.41. The topological polar surface area (TPSA) is 43.7 Å². The molecular weight excluding hydrogens is 316 g/mol. The van der Waals surface area contributed by atoms with Gasteiger partial charge in [-0.3, -0.25) is 4.79 Å². The van der Waals surface area contributed by atoms with E-state index in [0.717, 1.165) is 31.6 Å². The van der Waals surface area contributed by atoms with E-state index >= 15 is 0 Å². The molecule has 25 heavy (non-hydrogen) atoms. The Morgan fingerprint density at radius 1 is 1.08 bits per heavy atom. The van der Waals surface area contributed by atoms with Gasteiger partial charge in [0, 0.05) is 26.3 Å². The summed E-state index contributed by atoms with van der Waals surface area (Å²) < 4.78 is 13.4. The average Bonchev–Trinajstić information content (AvgIpc) is 3.08. The summed E-state index contributed by atoms with van der Waals surface area (Å²) >= 11 is 0. The number of carbonyl (C=O) groups is 1. The lowest BCUT2D eigenvalue weighted by molar-refractivity contribution is -0.0230. The van der Waals surface area contributed by atoms with Gasteiger partial charge in [0.1, 0.15) is 5.69 Å². The molecule has 0 aliphatic carbocycles. The first kappa shape index (κ1) is 17.7. The average molecular weight is 342 g/mol. The second kappa shape index (κ2) is 8.83. The first-order valence-corrected chi connectivity index (χ1v) is 8.88. The molecule has 1 aromatic carbocycles. The van der Waals surface area contributed by atoms with Gasteiger partial charge in [0.15, 0.2) is 0 Å². The van der Waals surface area contributed by atoms with E-state index in [1.54, 1.807) is 0 Å². The molecule has 0 radical (unpaired) electrons. The lowest BCUT2D eigenvalue weighted by atomic mass is 10.1. The Bertz CT molecular complexity index is 661. The summed E-state index contributed by atoms with van der Waals surface area (Å²) in [5, 5.41) is 0. The molecular formula is C20H26N2O3. The SMILES string of the molecule is Cn1cccc1C(=O)N1CCC(OCCOCc2ccccc2)CC1. The van der Waals surface area contributed by atoms with Gasteiger partial charge >= 0.3 is 0 Å². The van der Waals surface area contributed by atoms with Crippen molar-refractivity contribution in [2.45, 2.75) is 25.6 Å². The number of piperidine rings is 1. The third-order valence-electron chi connectivity index (χ3n) is 4.58. The largest absolute Gasteiger partial charge is 0.376 e. The fraction of sp³-hybridized carbons (Fsp3) is 0.450. The summed E-state index contributed by atoms with van der Waals surface area (Å²) in [7, 11) is 1.90. The van der Waals surface area contributed by atoms with Crippen molar-refractivity contribution in [2.75, 3.05) is 26.3 Å². The molecule has 5 heteroatoms. The molecule has 2 aromatic rings. The summed E-state index contributed by atoms with van der Waals surface area (Å²) in [6.45, 7) is 3.31. The van der Waals surface area contributed by atoms with Crippen LogP contribution >= 0.6 is 0 Å². The van der Waals surface area contributed by atoms with Crippen molar-refractivity contribution in [2.24, 2.45) is 7.05 Å². The number of nitrogens with zero attached hydrogens (tertiary/aromatic N) is 2. The predicted molar refractivity (Wildman–Crippen MR) is 96.4 cm³/mol. The number of ether oxygens (including phenoxy) is 2. The number of carbonyl (C=O) groups excluding carboxylic acids is 1. The highest BCUT2D eigenvalue weighted by Crippen LogP contribution is 2.16. The summed E-state index contributed by atoms with van der Waals surface area (Å²) in [4.78, 5) is 14.4. The zero-order valence-electron chi connectivity index (χ0n) is 14.8. The first-order chi connectivity index (χ1) is 12.2. The maximum Gasteiger partial charge on any atom is 0.270 e. The zero-order chi connectivity index (χ0) is 17.5. The number of amides is 1. The Balaban J connectivity index is 1.31. The van der Waals surface area contributed by atoms with E-state index in [-0.39, 0.29) is 12.0 Å². The van der Waals surface area contributed by atoms with Crippen molar-refractivity contribution in [3.8, 4) is 0 Å². The number of aryl methyl sites for hydroxylation is 1. The predicted octanol–water partition coefficient (Wildman–Crippen LogP) is 2.86. The van der Waals surface area contributed by atoms with E-state index < -0.39 is 0 Å². The molecule has 5 nitrogen and oxygen atoms in total. The molecule has 3 rings (SSSR count). The quantitative estimate of drug-likeness (QED) is 0.727. The molecule has 1 aromatic heterocycles. The third kappa shape index (κ3) is 4.94. The van der Waals surface area contributed by atoms with Crippen LogP contribution in [-0.4, -0.2) is 47.8 Å². The number of benzene rings is 1. The van der Waals surface area contributed by atoms with Crippen LogP contribution in [0.3, 0.4) is 0 Å². The van der Waals surface area contributed by atoms with Gasteiger partial charge in [-0.1, -0.05) is 30.3 Å². The fourth-order valence-electron chi connectivity index (χ4n) is 3.11. The number of aromatic nitrogens is 1. The Morgan fingerprint density at radius 3 is 2.52 bits per heavy atom. The minimum absolute atomic E-state index is 0.108. The van der Waals surface area contributed by atoms with Crippen LogP contribution in [0.1, 0.15) is 28.9 Å². The Morgan fingerprint density at radius 2 is 1.84 bits per heavy atom. The Hall–Kier alpha value is -2.11. The molecule has 0 unspecified atom stereocenters. The van der Waals surface area contributed by atoms with Crippen molar-refractivity contribution in [1.82, 2.24) is 9.47 Å². The third-order valence-corrected chi connectivity index (χ3v) is 4.58. The number of likely N-dealkylation sites (tertiary alicyclic amines) is 1. The summed E-state index contributed by atoms with van der Waals surface area (Å²) in [6.07, 6.45) is 3.89. The van der Waals surface area contributed by atoms with Crippen LogP contribution < -0.4 is 0 Å². The van der Waals surface area contributed by atoms with Gasteiger partial charge in [0.25, 0.3) is 5.91 Å². The van der Waals surface area contributed by atoms with Crippen molar-refractivity contribution >= 4 is 5.91 Å².